The molecule has 176 valence electrons. The molecule has 0 aromatic carbocycles. The number of ether oxygens (including phenoxy) is 3. The van der Waals surface area contributed by atoms with Crippen molar-refractivity contribution < 1.29 is 37.8 Å². The van der Waals surface area contributed by atoms with Gasteiger partial charge in [-0.2, -0.15) is 0 Å². The zero-order valence-corrected chi connectivity index (χ0v) is 18.7. The average molecular weight is 459 g/mol. The van der Waals surface area contributed by atoms with Crippen molar-refractivity contribution in [1.82, 2.24) is 15.6 Å². The van der Waals surface area contributed by atoms with Gasteiger partial charge in [-0.1, -0.05) is 0 Å². The highest BCUT2D eigenvalue weighted by molar-refractivity contribution is 5.99. The lowest BCUT2D eigenvalue weighted by atomic mass is 10.0. The summed E-state index contributed by atoms with van der Waals surface area (Å²) in [5, 5.41) is 5.10. The second-order valence-electron chi connectivity index (χ2n) is 7.08. The van der Waals surface area contributed by atoms with E-state index in [1.54, 1.807) is 39.8 Å². The van der Waals surface area contributed by atoms with Crippen LogP contribution in [0.25, 0.3) is 0 Å². The maximum atomic E-state index is 12.8. The summed E-state index contributed by atoms with van der Waals surface area (Å²) >= 11 is 0. The first-order chi connectivity index (χ1) is 15.8. The molecule has 0 saturated heterocycles. The monoisotopic (exact) mass is 459 g/mol. The Balaban J connectivity index is 1.88. The van der Waals surface area contributed by atoms with Crippen molar-refractivity contribution in [3.63, 3.8) is 0 Å². The number of esters is 3. The van der Waals surface area contributed by atoms with Gasteiger partial charge in [0.05, 0.1) is 36.3 Å². The molecule has 2 aromatic rings. The Morgan fingerprint density at radius 3 is 2.36 bits per heavy atom. The summed E-state index contributed by atoms with van der Waals surface area (Å²) in [5.74, 6) is -1.72. The van der Waals surface area contributed by atoms with Crippen LogP contribution in [-0.4, -0.2) is 48.7 Å². The van der Waals surface area contributed by atoms with Crippen LogP contribution in [0.5, 0.6) is 0 Å². The summed E-state index contributed by atoms with van der Waals surface area (Å²) in [5.41, 5.74) is 1.25. The van der Waals surface area contributed by atoms with E-state index >= 15 is 0 Å². The zero-order chi connectivity index (χ0) is 24.1. The molecule has 2 aromatic heterocycles. The van der Waals surface area contributed by atoms with E-state index in [1.807, 2.05) is 0 Å². The third-order valence-corrected chi connectivity index (χ3v) is 4.95. The molecule has 33 heavy (non-hydrogen) atoms. The van der Waals surface area contributed by atoms with Crippen molar-refractivity contribution >= 4 is 23.9 Å². The van der Waals surface area contributed by atoms with E-state index in [2.05, 4.69) is 15.6 Å². The number of furan rings is 1. The Morgan fingerprint density at radius 1 is 1.03 bits per heavy atom. The molecule has 11 heteroatoms. The van der Waals surface area contributed by atoms with Crippen LogP contribution in [0.1, 0.15) is 57.8 Å². The predicted octanol–water partition coefficient (Wildman–Crippen LogP) is 2.43. The van der Waals surface area contributed by atoms with Gasteiger partial charge in [0.2, 0.25) is 0 Å². The number of aromatic amines is 1. The molecule has 2 amide bonds. The van der Waals surface area contributed by atoms with Gasteiger partial charge in [-0.05, 0) is 45.4 Å². The molecule has 0 saturated carbocycles. The summed E-state index contributed by atoms with van der Waals surface area (Å²) in [6.07, 6.45) is 1.41. The molecule has 3 heterocycles. The lowest BCUT2D eigenvalue weighted by Gasteiger charge is -2.27. The largest absolute Gasteiger partial charge is 0.467 e. The fourth-order valence-corrected chi connectivity index (χ4v) is 3.52. The van der Waals surface area contributed by atoms with E-state index in [9.17, 15) is 19.2 Å². The summed E-state index contributed by atoms with van der Waals surface area (Å²) in [6.45, 7) is 6.43. The molecule has 3 rings (SSSR count). The molecule has 0 fully saturated rings. The molecule has 1 aliphatic rings. The molecule has 0 radical (unpaired) electrons. The predicted molar refractivity (Wildman–Crippen MR) is 113 cm³/mol. The second-order valence-corrected chi connectivity index (χ2v) is 7.08. The number of H-pyrrole nitrogens is 1. The number of amides is 2. The van der Waals surface area contributed by atoms with Crippen LogP contribution in [0, 0.1) is 13.8 Å². The Hall–Kier alpha value is -4.02. The van der Waals surface area contributed by atoms with Crippen molar-refractivity contribution in [1.29, 1.82) is 0 Å². The summed E-state index contributed by atoms with van der Waals surface area (Å²) in [4.78, 5) is 52.6. The van der Waals surface area contributed by atoms with E-state index in [0.717, 1.165) is 0 Å². The minimum atomic E-state index is -0.925. The molecule has 0 spiro atoms. The van der Waals surface area contributed by atoms with Gasteiger partial charge in [-0.15, -0.1) is 0 Å². The fourth-order valence-electron chi connectivity index (χ4n) is 3.52. The van der Waals surface area contributed by atoms with Crippen molar-refractivity contribution in [2.45, 2.75) is 33.7 Å². The topological polar surface area (TPSA) is 149 Å². The minimum Gasteiger partial charge on any atom is -0.467 e. The quantitative estimate of drug-likeness (QED) is 0.402. The van der Waals surface area contributed by atoms with Crippen LogP contribution in [0.4, 0.5) is 4.79 Å². The Kier molecular flexibility index (Phi) is 7.21. The number of aryl methyl sites for hydroxylation is 1. The first kappa shape index (κ1) is 23.6. The lowest BCUT2D eigenvalue weighted by molar-refractivity contribution is -0.139. The highest BCUT2D eigenvalue weighted by Crippen LogP contribution is 2.28. The molecule has 1 atom stereocenters. The van der Waals surface area contributed by atoms with Crippen LogP contribution in [0.15, 0.2) is 34.1 Å². The SMILES string of the molecule is CCOC(=O)C1=C(COC(=O)c2[nH]c(C)c(C(=O)OCC)c2C)NC(=O)NC1c1ccco1. The number of carbonyl (C=O) groups is 4. The van der Waals surface area contributed by atoms with Gasteiger partial charge in [0.1, 0.15) is 24.1 Å². The van der Waals surface area contributed by atoms with Gasteiger partial charge < -0.3 is 34.2 Å². The van der Waals surface area contributed by atoms with E-state index in [0.29, 0.717) is 17.0 Å². The van der Waals surface area contributed by atoms with Gasteiger partial charge in [0.15, 0.2) is 0 Å². The Morgan fingerprint density at radius 2 is 1.73 bits per heavy atom. The Labute approximate surface area is 189 Å². The normalized spacial score (nSPS) is 15.5. The highest BCUT2D eigenvalue weighted by Gasteiger charge is 2.36. The molecule has 3 N–H and O–H groups in total. The third-order valence-electron chi connectivity index (χ3n) is 4.95. The van der Waals surface area contributed by atoms with Crippen molar-refractivity contribution in [3.05, 3.63) is 57.9 Å². The number of aromatic nitrogens is 1. The molecule has 1 aliphatic heterocycles. The maximum Gasteiger partial charge on any atom is 0.355 e. The van der Waals surface area contributed by atoms with Gasteiger partial charge in [0.25, 0.3) is 0 Å². The van der Waals surface area contributed by atoms with Gasteiger partial charge in [-0.25, -0.2) is 19.2 Å². The minimum absolute atomic E-state index is 0.0470. The van der Waals surface area contributed by atoms with Gasteiger partial charge >= 0.3 is 23.9 Å². The lowest BCUT2D eigenvalue weighted by Crippen LogP contribution is -2.47. The number of carbonyl (C=O) groups excluding carboxylic acids is 4. The molecule has 0 bridgehead atoms. The third kappa shape index (κ3) is 4.92. The number of hydrogen-bond donors (Lipinski definition) is 3. The van der Waals surface area contributed by atoms with E-state index in [1.165, 1.54) is 6.26 Å². The number of hydrogen-bond acceptors (Lipinski definition) is 8. The van der Waals surface area contributed by atoms with Gasteiger partial charge in [0, 0.05) is 5.69 Å². The van der Waals surface area contributed by atoms with Crippen molar-refractivity contribution in [3.8, 4) is 0 Å². The van der Waals surface area contributed by atoms with Crippen molar-refractivity contribution in [2.75, 3.05) is 19.8 Å². The highest BCUT2D eigenvalue weighted by atomic mass is 16.5. The van der Waals surface area contributed by atoms with E-state index < -0.39 is 36.6 Å². The fraction of sp³-hybridized carbons (Fsp3) is 0.364. The first-order valence-corrected chi connectivity index (χ1v) is 10.3. The second kappa shape index (κ2) is 10.1. The van der Waals surface area contributed by atoms with Gasteiger partial charge in [-0.3, -0.25) is 0 Å². The summed E-state index contributed by atoms with van der Waals surface area (Å²) < 4.78 is 20.9. The first-order valence-electron chi connectivity index (χ1n) is 10.3. The van der Waals surface area contributed by atoms with E-state index in [-0.39, 0.29) is 35.7 Å². The zero-order valence-electron chi connectivity index (χ0n) is 18.7. The molecule has 1 unspecified atom stereocenters. The molecular formula is C22H25N3O8. The molecular weight excluding hydrogens is 434 g/mol. The summed E-state index contributed by atoms with van der Waals surface area (Å²) in [7, 11) is 0. The number of nitrogens with one attached hydrogen (secondary N) is 3. The average Bonchev–Trinajstić information content (AvgIpc) is 3.40. The van der Waals surface area contributed by atoms with Crippen molar-refractivity contribution in [2.24, 2.45) is 0 Å². The molecule has 0 aliphatic carbocycles. The van der Waals surface area contributed by atoms with Crippen LogP contribution in [0.2, 0.25) is 0 Å². The Bertz CT molecular complexity index is 1100. The molecule has 11 nitrogen and oxygen atoms in total. The number of urea groups is 1. The van der Waals surface area contributed by atoms with Crippen LogP contribution in [0.3, 0.4) is 0 Å². The van der Waals surface area contributed by atoms with E-state index in [4.69, 9.17) is 18.6 Å². The summed E-state index contributed by atoms with van der Waals surface area (Å²) in [6, 6.07) is 1.68. The van der Waals surface area contributed by atoms with Crippen LogP contribution >= 0.6 is 0 Å². The standard InChI is InChI=1S/C22H25N3O8/c1-5-30-19(26)15-11(3)17(23-12(15)4)21(28)33-10-13-16(20(27)31-6-2)18(25-22(29)24-13)14-8-7-9-32-14/h7-9,18,23H,5-6,10H2,1-4H3,(H2,24,25,29). The maximum absolute atomic E-state index is 12.8. The smallest absolute Gasteiger partial charge is 0.355 e. The van der Waals surface area contributed by atoms with Crippen LogP contribution < -0.4 is 10.6 Å². The van der Waals surface area contributed by atoms with Crippen LogP contribution in [-0.2, 0) is 19.0 Å². The number of rotatable bonds is 8.